The monoisotopic (exact) mass is 207 g/mol. The number of amides is 1. The van der Waals surface area contributed by atoms with E-state index in [9.17, 15) is 4.79 Å². The fourth-order valence-electron chi connectivity index (χ4n) is 1.47. The van der Waals surface area contributed by atoms with Crippen molar-refractivity contribution < 1.29 is 9.90 Å². The zero-order valence-corrected chi connectivity index (χ0v) is 8.26. The Morgan fingerprint density at radius 3 is 2.87 bits per heavy atom. The molecule has 1 aromatic rings. The fourth-order valence-corrected chi connectivity index (χ4v) is 1.47. The van der Waals surface area contributed by atoms with Crippen LogP contribution < -0.4 is 5.73 Å². The Morgan fingerprint density at radius 1 is 1.60 bits per heavy atom. The third kappa shape index (κ3) is 2.24. The van der Waals surface area contributed by atoms with Crippen LogP contribution in [0.5, 0.6) is 0 Å². The smallest absolute Gasteiger partial charge is 0.228 e. The molecule has 3 N–H and O–H groups in total. The van der Waals surface area contributed by atoms with Gasteiger partial charge in [0.15, 0.2) is 0 Å². The Hall–Kier alpha value is -1.62. The topological polar surface area (TPSA) is 79.5 Å². The lowest BCUT2D eigenvalue weighted by Gasteiger charge is -2.35. The minimum Gasteiger partial charge on any atom is -0.397 e. The van der Waals surface area contributed by atoms with Gasteiger partial charge >= 0.3 is 0 Å². The van der Waals surface area contributed by atoms with Crippen molar-refractivity contribution in [1.29, 1.82) is 0 Å². The SMILES string of the molecule is Nc1ccc(CC(=O)N2CC(O)C2)nc1. The Labute approximate surface area is 87.5 Å². The standard InChI is InChI=1S/C10H13N3O2/c11-7-1-2-8(12-4-7)3-10(15)13-5-9(14)6-13/h1-2,4,9,14H,3,5-6,11H2. The number of pyridine rings is 1. The molecular formula is C10H13N3O2. The summed E-state index contributed by atoms with van der Waals surface area (Å²) in [7, 11) is 0. The lowest BCUT2D eigenvalue weighted by Crippen LogP contribution is -2.54. The molecule has 0 spiro atoms. The molecule has 0 aliphatic carbocycles. The second-order valence-corrected chi connectivity index (χ2v) is 3.71. The number of hydrogen-bond acceptors (Lipinski definition) is 4. The quantitative estimate of drug-likeness (QED) is 0.679. The molecule has 1 amide bonds. The van der Waals surface area contributed by atoms with Crippen molar-refractivity contribution in [2.45, 2.75) is 12.5 Å². The number of carbonyl (C=O) groups excluding carboxylic acids is 1. The molecule has 1 aliphatic heterocycles. The van der Waals surface area contributed by atoms with E-state index in [1.54, 1.807) is 17.0 Å². The number of likely N-dealkylation sites (tertiary alicyclic amines) is 1. The number of carbonyl (C=O) groups is 1. The summed E-state index contributed by atoms with van der Waals surface area (Å²) < 4.78 is 0. The summed E-state index contributed by atoms with van der Waals surface area (Å²) in [5.41, 5.74) is 6.77. The first-order valence-electron chi connectivity index (χ1n) is 4.81. The predicted octanol–water partition coefficient (Wildman–Crippen LogP) is -0.591. The minimum atomic E-state index is -0.353. The van der Waals surface area contributed by atoms with Gasteiger partial charge < -0.3 is 15.7 Å². The Bertz CT molecular complexity index is 357. The number of nitrogens with two attached hydrogens (primary N) is 1. The van der Waals surface area contributed by atoms with Crippen molar-refractivity contribution in [3.8, 4) is 0 Å². The average molecular weight is 207 g/mol. The van der Waals surface area contributed by atoms with Gasteiger partial charge in [0.1, 0.15) is 0 Å². The van der Waals surface area contributed by atoms with Gasteiger partial charge in [0.25, 0.3) is 0 Å². The van der Waals surface area contributed by atoms with E-state index in [0.29, 0.717) is 24.5 Å². The molecule has 0 saturated carbocycles. The van der Waals surface area contributed by atoms with E-state index >= 15 is 0 Å². The molecule has 0 radical (unpaired) electrons. The van der Waals surface area contributed by atoms with E-state index in [-0.39, 0.29) is 18.4 Å². The fraction of sp³-hybridized carbons (Fsp3) is 0.400. The zero-order valence-electron chi connectivity index (χ0n) is 8.26. The van der Waals surface area contributed by atoms with Gasteiger partial charge in [0.2, 0.25) is 5.91 Å². The molecule has 0 unspecified atom stereocenters. The molecule has 0 atom stereocenters. The maximum Gasteiger partial charge on any atom is 0.228 e. The number of aliphatic hydroxyl groups excluding tert-OH is 1. The van der Waals surface area contributed by atoms with Crippen molar-refractivity contribution in [2.75, 3.05) is 18.8 Å². The molecule has 5 nitrogen and oxygen atoms in total. The Morgan fingerprint density at radius 2 is 2.33 bits per heavy atom. The molecule has 80 valence electrons. The van der Waals surface area contributed by atoms with Crippen molar-refractivity contribution in [3.63, 3.8) is 0 Å². The highest BCUT2D eigenvalue weighted by Crippen LogP contribution is 2.10. The highest BCUT2D eigenvalue weighted by molar-refractivity contribution is 5.79. The first-order valence-corrected chi connectivity index (χ1v) is 4.81. The van der Waals surface area contributed by atoms with Crippen LogP contribution in [0.3, 0.4) is 0 Å². The minimum absolute atomic E-state index is 0.00225. The normalized spacial score (nSPS) is 16.2. The third-order valence-corrected chi connectivity index (χ3v) is 2.39. The van der Waals surface area contributed by atoms with Gasteiger partial charge in [-0.1, -0.05) is 0 Å². The summed E-state index contributed by atoms with van der Waals surface area (Å²) in [5.74, 6) is -0.00225. The summed E-state index contributed by atoms with van der Waals surface area (Å²) in [4.78, 5) is 17.2. The summed E-state index contributed by atoms with van der Waals surface area (Å²) in [6, 6.07) is 3.46. The first-order chi connectivity index (χ1) is 7.15. The largest absolute Gasteiger partial charge is 0.397 e. The molecular weight excluding hydrogens is 194 g/mol. The van der Waals surface area contributed by atoms with Gasteiger partial charge in [0, 0.05) is 18.8 Å². The van der Waals surface area contributed by atoms with Gasteiger partial charge in [-0.2, -0.15) is 0 Å². The average Bonchev–Trinajstić information content (AvgIpc) is 2.17. The first kappa shape index (κ1) is 9.92. The number of aliphatic hydroxyl groups is 1. The van der Waals surface area contributed by atoms with Gasteiger partial charge in [-0.05, 0) is 12.1 Å². The molecule has 5 heteroatoms. The number of hydrogen-bond donors (Lipinski definition) is 2. The second-order valence-electron chi connectivity index (χ2n) is 3.71. The van der Waals surface area contributed by atoms with Crippen molar-refractivity contribution in [1.82, 2.24) is 9.88 Å². The number of nitrogen functional groups attached to an aromatic ring is 1. The molecule has 1 aliphatic rings. The number of anilines is 1. The number of nitrogens with zero attached hydrogens (tertiary/aromatic N) is 2. The van der Waals surface area contributed by atoms with Crippen LogP contribution in [0.1, 0.15) is 5.69 Å². The maximum absolute atomic E-state index is 11.6. The molecule has 0 bridgehead atoms. The van der Waals surface area contributed by atoms with Gasteiger partial charge in [-0.25, -0.2) is 0 Å². The van der Waals surface area contributed by atoms with E-state index < -0.39 is 0 Å². The van der Waals surface area contributed by atoms with E-state index in [2.05, 4.69) is 4.98 Å². The number of rotatable bonds is 2. The number of aromatic nitrogens is 1. The summed E-state index contributed by atoms with van der Waals surface area (Å²) >= 11 is 0. The molecule has 1 aromatic heterocycles. The number of β-amino-alcohol motifs (C(OH)–C–C–N with tert-alkyl or cyclic N) is 1. The zero-order chi connectivity index (χ0) is 10.8. The lowest BCUT2D eigenvalue weighted by molar-refractivity contribution is -0.140. The molecule has 2 rings (SSSR count). The maximum atomic E-state index is 11.6. The van der Waals surface area contributed by atoms with Crippen LogP contribution in [0.4, 0.5) is 5.69 Å². The highest BCUT2D eigenvalue weighted by atomic mass is 16.3. The third-order valence-electron chi connectivity index (χ3n) is 2.39. The van der Waals surface area contributed by atoms with Crippen molar-refractivity contribution in [2.24, 2.45) is 0 Å². The van der Waals surface area contributed by atoms with Crippen LogP contribution >= 0.6 is 0 Å². The summed E-state index contributed by atoms with van der Waals surface area (Å²) in [5, 5.41) is 9.04. The van der Waals surface area contributed by atoms with E-state index in [1.807, 2.05) is 0 Å². The van der Waals surface area contributed by atoms with E-state index in [4.69, 9.17) is 10.8 Å². The van der Waals surface area contributed by atoms with Crippen molar-refractivity contribution >= 4 is 11.6 Å². The Kier molecular flexibility index (Phi) is 2.55. The molecule has 0 aromatic carbocycles. The van der Waals surface area contributed by atoms with Crippen LogP contribution in [0, 0.1) is 0 Å². The lowest BCUT2D eigenvalue weighted by atomic mass is 10.1. The van der Waals surface area contributed by atoms with Crippen LogP contribution in [-0.2, 0) is 11.2 Å². The molecule has 15 heavy (non-hydrogen) atoms. The molecule has 2 heterocycles. The van der Waals surface area contributed by atoms with Gasteiger partial charge in [-0.15, -0.1) is 0 Å². The highest BCUT2D eigenvalue weighted by Gasteiger charge is 2.28. The predicted molar refractivity (Wildman–Crippen MR) is 54.9 cm³/mol. The van der Waals surface area contributed by atoms with Gasteiger partial charge in [0.05, 0.1) is 24.4 Å². The van der Waals surface area contributed by atoms with Crippen LogP contribution in [0.25, 0.3) is 0 Å². The van der Waals surface area contributed by atoms with Crippen molar-refractivity contribution in [3.05, 3.63) is 24.0 Å². The second kappa shape index (κ2) is 3.86. The van der Waals surface area contributed by atoms with Crippen LogP contribution in [0.2, 0.25) is 0 Å². The van der Waals surface area contributed by atoms with E-state index in [0.717, 1.165) is 0 Å². The van der Waals surface area contributed by atoms with Crippen LogP contribution in [-0.4, -0.2) is 40.1 Å². The van der Waals surface area contributed by atoms with E-state index in [1.165, 1.54) is 6.20 Å². The Balaban J connectivity index is 1.91. The molecule has 1 saturated heterocycles. The van der Waals surface area contributed by atoms with Crippen LogP contribution in [0.15, 0.2) is 18.3 Å². The summed E-state index contributed by atoms with van der Waals surface area (Å²) in [6.45, 7) is 0.877. The van der Waals surface area contributed by atoms with Gasteiger partial charge in [-0.3, -0.25) is 9.78 Å². The molecule has 1 fully saturated rings. The summed E-state index contributed by atoms with van der Waals surface area (Å²) in [6.07, 6.45) is 1.45.